The molecule has 5 rings (SSSR count). The van der Waals surface area contributed by atoms with E-state index in [0.29, 0.717) is 44.2 Å². The third-order valence-corrected chi connectivity index (χ3v) is 5.89. The second-order valence-electron chi connectivity index (χ2n) is 8.57. The van der Waals surface area contributed by atoms with E-state index in [2.05, 4.69) is 25.5 Å². The van der Waals surface area contributed by atoms with Crippen molar-refractivity contribution in [2.24, 2.45) is 0 Å². The first-order chi connectivity index (χ1) is 17.2. The Morgan fingerprint density at radius 3 is 2.53 bits per heavy atom. The van der Waals surface area contributed by atoms with Gasteiger partial charge >= 0.3 is 0 Å². The highest BCUT2D eigenvalue weighted by Gasteiger charge is 2.31. The number of aromatic nitrogens is 6. The van der Waals surface area contributed by atoms with Crippen LogP contribution in [0.25, 0.3) is 22.5 Å². The van der Waals surface area contributed by atoms with E-state index in [1.165, 1.54) is 6.33 Å². The van der Waals surface area contributed by atoms with E-state index < -0.39 is 5.60 Å². The number of carbonyl (C=O) groups excluding carboxylic acids is 1. The van der Waals surface area contributed by atoms with Crippen molar-refractivity contribution in [3.8, 4) is 17.3 Å². The Labute approximate surface area is 216 Å². The fourth-order valence-corrected chi connectivity index (χ4v) is 3.97. The van der Waals surface area contributed by atoms with Crippen molar-refractivity contribution in [3.63, 3.8) is 0 Å². The van der Waals surface area contributed by atoms with Gasteiger partial charge in [0.1, 0.15) is 17.9 Å². The second kappa shape index (κ2) is 9.25. The van der Waals surface area contributed by atoms with Crippen LogP contribution in [0.5, 0.6) is 5.75 Å². The highest BCUT2D eigenvalue weighted by molar-refractivity contribution is 6.31. The number of rotatable bonds is 6. The SMILES string of the molecule is Cc1cc(NC(=O)C(C)(C)Oc2ccc(Cl)cc2)n(-c2ncnc3c2cnn3-c2cccc(Cl)c2)n1. The summed E-state index contributed by atoms with van der Waals surface area (Å²) in [4.78, 5) is 22.1. The lowest BCUT2D eigenvalue weighted by molar-refractivity contribution is -0.128. The van der Waals surface area contributed by atoms with Gasteiger partial charge in [-0.25, -0.2) is 14.6 Å². The maximum absolute atomic E-state index is 13.2. The number of carbonyl (C=O) groups is 1. The zero-order chi connectivity index (χ0) is 25.4. The van der Waals surface area contributed by atoms with Crippen molar-refractivity contribution in [1.82, 2.24) is 29.5 Å². The van der Waals surface area contributed by atoms with E-state index in [9.17, 15) is 4.79 Å². The van der Waals surface area contributed by atoms with E-state index in [-0.39, 0.29) is 5.91 Å². The number of aryl methyl sites for hydroxylation is 1. The molecule has 9 nitrogen and oxygen atoms in total. The number of ether oxygens (including phenoxy) is 1. The molecule has 2 aromatic carbocycles. The Bertz CT molecular complexity index is 1580. The first kappa shape index (κ1) is 23.8. The predicted octanol–water partition coefficient (Wildman–Crippen LogP) is 5.41. The fourth-order valence-electron chi connectivity index (χ4n) is 3.66. The van der Waals surface area contributed by atoms with Crippen molar-refractivity contribution in [2.45, 2.75) is 26.4 Å². The maximum Gasteiger partial charge on any atom is 0.269 e. The summed E-state index contributed by atoms with van der Waals surface area (Å²) in [6.07, 6.45) is 3.08. The summed E-state index contributed by atoms with van der Waals surface area (Å²) in [6, 6.07) is 15.9. The van der Waals surface area contributed by atoms with Crippen LogP contribution < -0.4 is 10.1 Å². The minimum absolute atomic E-state index is 0.362. The highest BCUT2D eigenvalue weighted by Crippen LogP contribution is 2.26. The van der Waals surface area contributed by atoms with E-state index in [0.717, 1.165) is 5.69 Å². The van der Waals surface area contributed by atoms with Crippen LogP contribution >= 0.6 is 23.2 Å². The lowest BCUT2D eigenvalue weighted by Gasteiger charge is -2.25. The van der Waals surface area contributed by atoms with E-state index in [4.69, 9.17) is 27.9 Å². The molecule has 0 saturated carbocycles. The van der Waals surface area contributed by atoms with E-state index >= 15 is 0 Å². The molecule has 0 spiro atoms. The first-order valence-corrected chi connectivity index (χ1v) is 11.7. The van der Waals surface area contributed by atoms with Crippen molar-refractivity contribution in [3.05, 3.63) is 82.9 Å². The van der Waals surface area contributed by atoms with Gasteiger partial charge in [-0.05, 0) is 63.2 Å². The molecule has 182 valence electrons. The van der Waals surface area contributed by atoms with Crippen LogP contribution in [0.1, 0.15) is 19.5 Å². The van der Waals surface area contributed by atoms with Crippen LogP contribution in [0, 0.1) is 6.92 Å². The number of nitrogens with one attached hydrogen (secondary N) is 1. The molecule has 1 N–H and O–H groups in total. The molecular formula is C25H21Cl2N7O2. The largest absolute Gasteiger partial charge is 0.478 e. The number of hydrogen-bond donors (Lipinski definition) is 1. The number of nitrogens with zero attached hydrogens (tertiary/aromatic N) is 6. The Kier molecular flexibility index (Phi) is 6.11. The molecule has 3 heterocycles. The van der Waals surface area contributed by atoms with Crippen molar-refractivity contribution < 1.29 is 9.53 Å². The average molecular weight is 522 g/mol. The van der Waals surface area contributed by atoms with Gasteiger partial charge in [-0.1, -0.05) is 29.3 Å². The summed E-state index contributed by atoms with van der Waals surface area (Å²) in [7, 11) is 0. The molecule has 0 saturated heterocycles. The summed E-state index contributed by atoms with van der Waals surface area (Å²) in [5.41, 5.74) is 0.832. The molecule has 0 bridgehead atoms. The number of benzene rings is 2. The van der Waals surface area contributed by atoms with Crippen molar-refractivity contribution in [2.75, 3.05) is 5.32 Å². The molecule has 0 aliphatic heterocycles. The van der Waals surface area contributed by atoms with Crippen LogP contribution in [0.2, 0.25) is 10.0 Å². The predicted molar refractivity (Wildman–Crippen MR) is 138 cm³/mol. The van der Waals surface area contributed by atoms with Crippen molar-refractivity contribution >= 4 is 46.0 Å². The van der Waals surface area contributed by atoms with E-state index in [1.54, 1.807) is 71.9 Å². The van der Waals surface area contributed by atoms with Gasteiger partial charge < -0.3 is 10.1 Å². The Morgan fingerprint density at radius 2 is 1.78 bits per heavy atom. The highest BCUT2D eigenvalue weighted by atomic mass is 35.5. The average Bonchev–Trinajstić information content (AvgIpc) is 3.43. The molecule has 0 unspecified atom stereocenters. The van der Waals surface area contributed by atoms with E-state index in [1.807, 2.05) is 19.1 Å². The minimum Gasteiger partial charge on any atom is -0.478 e. The first-order valence-electron chi connectivity index (χ1n) is 11.0. The van der Waals surface area contributed by atoms with Gasteiger partial charge in [-0.15, -0.1) is 0 Å². The molecule has 11 heteroatoms. The summed E-state index contributed by atoms with van der Waals surface area (Å²) < 4.78 is 9.15. The van der Waals surface area contributed by atoms with Crippen LogP contribution in [0.4, 0.5) is 5.82 Å². The molecule has 0 atom stereocenters. The lowest BCUT2D eigenvalue weighted by atomic mass is 10.1. The van der Waals surface area contributed by atoms with Gasteiger partial charge in [-0.3, -0.25) is 4.79 Å². The number of hydrogen-bond acceptors (Lipinski definition) is 6. The molecule has 36 heavy (non-hydrogen) atoms. The Morgan fingerprint density at radius 1 is 1.00 bits per heavy atom. The molecule has 5 aromatic rings. The maximum atomic E-state index is 13.2. The summed E-state index contributed by atoms with van der Waals surface area (Å²) in [6.45, 7) is 5.19. The molecule has 0 radical (unpaired) electrons. The van der Waals surface area contributed by atoms with Gasteiger partial charge in [0.05, 0.1) is 23.0 Å². The van der Waals surface area contributed by atoms with Gasteiger partial charge in [-0.2, -0.15) is 14.9 Å². The molecule has 0 fully saturated rings. The topological polar surface area (TPSA) is 99.7 Å². The Hall–Kier alpha value is -3.95. The van der Waals surface area contributed by atoms with Crippen LogP contribution in [0.15, 0.2) is 67.1 Å². The number of amides is 1. The lowest BCUT2D eigenvalue weighted by Crippen LogP contribution is -2.42. The van der Waals surface area contributed by atoms with Crippen LogP contribution in [-0.4, -0.2) is 41.0 Å². The van der Waals surface area contributed by atoms with Gasteiger partial charge in [0, 0.05) is 16.1 Å². The van der Waals surface area contributed by atoms with Crippen LogP contribution in [-0.2, 0) is 4.79 Å². The monoisotopic (exact) mass is 521 g/mol. The van der Waals surface area contributed by atoms with Gasteiger partial charge in [0.15, 0.2) is 17.1 Å². The quantitative estimate of drug-likeness (QED) is 0.320. The molecule has 0 aliphatic rings. The third-order valence-electron chi connectivity index (χ3n) is 5.40. The Balaban J connectivity index is 1.48. The summed E-state index contributed by atoms with van der Waals surface area (Å²) in [5.74, 6) is 1.06. The number of fused-ring (bicyclic) bond motifs is 1. The third kappa shape index (κ3) is 4.62. The minimum atomic E-state index is -1.19. The molecule has 3 aromatic heterocycles. The number of anilines is 1. The zero-order valence-electron chi connectivity index (χ0n) is 19.6. The normalized spacial score (nSPS) is 11.6. The standard InChI is InChI=1S/C25H21Cl2N7O2/c1-15-11-21(31-24(35)25(2,3)36-19-9-7-16(26)8-10-19)34(32-15)23-20-13-30-33(22(20)28-14-29-23)18-6-4-5-17(27)12-18/h4-14H,1-3H3,(H,31,35). The smallest absolute Gasteiger partial charge is 0.269 e. The fraction of sp³-hybridized carbons (Fsp3) is 0.160. The second-order valence-corrected chi connectivity index (χ2v) is 9.45. The summed E-state index contributed by atoms with van der Waals surface area (Å²) in [5, 5.41) is 13.8. The molecule has 1 amide bonds. The van der Waals surface area contributed by atoms with Crippen molar-refractivity contribution in [1.29, 1.82) is 0 Å². The molecular weight excluding hydrogens is 501 g/mol. The molecule has 0 aliphatic carbocycles. The van der Waals surface area contributed by atoms with Gasteiger partial charge in [0.25, 0.3) is 5.91 Å². The summed E-state index contributed by atoms with van der Waals surface area (Å²) >= 11 is 12.1. The number of halogens is 2. The zero-order valence-corrected chi connectivity index (χ0v) is 21.1. The van der Waals surface area contributed by atoms with Crippen LogP contribution in [0.3, 0.4) is 0 Å². The van der Waals surface area contributed by atoms with Gasteiger partial charge in [0.2, 0.25) is 0 Å².